The van der Waals surface area contributed by atoms with E-state index in [1.54, 1.807) is 11.4 Å². The minimum atomic E-state index is -4.97. The molecule has 0 unspecified atom stereocenters. The second-order valence-electron chi connectivity index (χ2n) is 4.15. The molecule has 0 aliphatic heterocycles. The van der Waals surface area contributed by atoms with Crippen LogP contribution in [0.1, 0.15) is 26.2 Å². The molecule has 0 aliphatic carbocycles. The molecule has 0 saturated carbocycles. The molecule has 0 spiro atoms. The van der Waals surface area contributed by atoms with Crippen molar-refractivity contribution in [2.24, 2.45) is 0 Å². The molecule has 7 heteroatoms. The third-order valence-corrected chi connectivity index (χ3v) is 2.46. The van der Waals surface area contributed by atoms with Crippen LogP contribution in [-0.4, -0.2) is 18.0 Å². The molecular weight excluding hydrogens is 273 g/mol. The first-order chi connectivity index (χ1) is 9.34. The quantitative estimate of drug-likeness (QED) is 0.873. The Kier molecular flexibility index (Phi) is 5.54. The van der Waals surface area contributed by atoms with E-state index in [9.17, 15) is 22.8 Å². The van der Waals surface area contributed by atoms with Crippen molar-refractivity contribution in [2.45, 2.75) is 32.4 Å². The van der Waals surface area contributed by atoms with Crippen LogP contribution in [0.25, 0.3) is 0 Å². The highest BCUT2D eigenvalue weighted by Gasteiger charge is 2.38. The molecule has 20 heavy (non-hydrogen) atoms. The molecule has 0 aromatic heterocycles. The first kappa shape index (κ1) is 16.0. The highest BCUT2D eigenvalue weighted by atomic mass is 19.4. The van der Waals surface area contributed by atoms with Crippen LogP contribution in [0.5, 0.6) is 0 Å². The van der Waals surface area contributed by atoms with E-state index in [0.29, 0.717) is 6.42 Å². The number of carbonyl (C=O) groups is 2. The Morgan fingerprint density at radius 3 is 2.15 bits per heavy atom. The van der Waals surface area contributed by atoms with Gasteiger partial charge in [0, 0.05) is 6.42 Å². The summed E-state index contributed by atoms with van der Waals surface area (Å²) in [5.74, 6) is -2.38. The largest absolute Gasteiger partial charge is 0.471 e. The van der Waals surface area contributed by atoms with Crippen LogP contribution < -0.4 is 10.6 Å². The molecule has 110 valence electrons. The first-order valence-corrected chi connectivity index (χ1v) is 6.11. The molecule has 1 aromatic rings. The Morgan fingerprint density at radius 2 is 1.65 bits per heavy atom. The number of amides is 2. The smallest absolute Gasteiger partial charge is 0.324 e. The van der Waals surface area contributed by atoms with E-state index in [1.165, 1.54) is 18.2 Å². The molecule has 0 fully saturated rings. The van der Waals surface area contributed by atoms with Crippen LogP contribution in [0.3, 0.4) is 0 Å². The third kappa shape index (κ3) is 4.91. The number of carbonyl (C=O) groups excluding carboxylic acids is 2. The Balaban J connectivity index is 2.78. The Morgan fingerprint density at radius 1 is 1.10 bits per heavy atom. The average Bonchev–Trinajstić information content (AvgIpc) is 2.37. The van der Waals surface area contributed by atoms with Gasteiger partial charge in [0.2, 0.25) is 5.91 Å². The fourth-order valence-electron chi connectivity index (χ4n) is 1.44. The van der Waals surface area contributed by atoms with Crippen molar-refractivity contribution in [1.82, 2.24) is 0 Å². The summed E-state index contributed by atoms with van der Waals surface area (Å²) in [4.78, 5) is 22.5. The summed E-state index contributed by atoms with van der Waals surface area (Å²) >= 11 is 0. The van der Waals surface area contributed by atoms with Gasteiger partial charge >= 0.3 is 12.1 Å². The lowest BCUT2D eigenvalue weighted by Crippen LogP contribution is -2.30. The summed E-state index contributed by atoms with van der Waals surface area (Å²) in [5.41, 5.74) is 0.0610. The standard InChI is InChI=1S/C13H15F3N2O2/c1-2-3-8-11(19)17-9-6-4-5-7-10(9)18-12(20)13(14,15)16/h4-7H,2-3,8H2,1H3,(H,17,19)(H,18,20). The maximum atomic E-state index is 12.2. The minimum Gasteiger partial charge on any atom is -0.324 e. The molecular formula is C13H15F3N2O2. The van der Waals surface area contributed by atoms with E-state index >= 15 is 0 Å². The van der Waals surface area contributed by atoms with Gasteiger partial charge in [0.15, 0.2) is 0 Å². The molecule has 2 amide bonds. The van der Waals surface area contributed by atoms with Crippen molar-refractivity contribution >= 4 is 23.2 Å². The fraction of sp³-hybridized carbons (Fsp3) is 0.385. The summed E-state index contributed by atoms with van der Waals surface area (Å²) in [6.45, 7) is 1.92. The first-order valence-electron chi connectivity index (χ1n) is 6.11. The number of hydrogen-bond acceptors (Lipinski definition) is 2. The SMILES string of the molecule is CCCCC(=O)Nc1ccccc1NC(=O)C(F)(F)F. The van der Waals surface area contributed by atoms with E-state index in [2.05, 4.69) is 5.32 Å². The maximum absolute atomic E-state index is 12.2. The number of rotatable bonds is 5. The number of nitrogens with one attached hydrogen (secondary N) is 2. The minimum absolute atomic E-state index is 0.0836. The zero-order chi connectivity index (χ0) is 15.2. The van der Waals surface area contributed by atoms with Gasteiger partial charge in [-0.05, 0) is 18.6 Å². The lowest BCUT2D eigenvalue weighted by molar-refractivity contribution is -0.167. The Hall–Kier alpha value is -2.05. The van der Waals surface area contributed by atoms with Crippen LogP contribution in [-0.2, 0) is 9.59 Å². The molecule has 1 rings (SSSR count). The average molecular weight is 288 g/mol. The Bertz CT molecular complexity index is 487. The summed E-state index contributed by atoms with van der Waals surface area (Å²) in [7, 11) is 0. The van der Waals surface area contributed by atoms with Crippen molar-refractivity contribution in [1.29, 1.82) is 0 Å². The van der Waals surface area contributed by atoms with Crippen LogP contribution >= 0.6 is 0 Å². The Labute approximate surface area is 114 Å². The number of para-hydroxylation sites is 2. The molecule has 1 aromatic carbocycles. The molecule has 2 N–H and O–H groups in total. The third-order valence-electron chi connectivity index (χ3n) is 2.46. The monoisotopic (exact) mass is 288 g/mol. The number of alkyl halides is 3. The molecule has 0 heterocycles. The normalized spacial score (nSPS) is 11.0. The van der Waals surface area contributed by atoms with Crippen molar-refractivity contribution in [3.63, 3.8) is 0 Å². The summed E-state index contributed by atoms with van der Waals surface area (Å²) in [6.07, 6.45) is -3.18. The summed E-state index contributed by atoms with van der Waals surface area (Å²) < 4.78 is 36.6. The molecule has 0 atom stereocenters. The second-order valence-corrected chi connectivity index (χ2v) is 4.15. The molecule has 0 bridgehead atoms. The molecule has 4 nitrogen and oxygen atoms in total. The van der Waals surface area contributed by atoms with Gasteiger partial charge in [0.1, 0.15) is 0 Å². The highest BCUT2D eigenvalue weighted by Crippen LogP contribution is 2.24. The van der Waals surface area contributed by atoms with E-state index in [4.69, 9.17) is 0 Å². The molecule has 0 radical (unpaired) electrons. The van der Waals surface area contributed by atoms with Gasteiger partial charge in [0.05, 0.1) is 11.4 Å². The van der Waals surface area contributed by atoms with Gasteiger partial charge in [0.25, 0.3) is 0 Å². The van der Waals surface area contributed by atoms with Gasteiger partial charge in [-0.2, -0.15) is 13.2 Å². The van der Waals surface area contributed by atoms with Crippen LogP contribution in [0.2, 0.25) is 0 Å². The van der Waals surface area contributed by atoms with E-state index in [-0.39, 0.29) is 23.7 Å². The van der Waals surface area contributed by atoms with E-state index in [0.717, 1.165) is 6.42 Å². The van der Waals surface area contributed by atoms with Crippen molar-refractivity contribution in [3.05, 3.63) is 24.3 Å². The lowest BCUT2D eigenvalue weighted by atomic mass is 10.2. The van der Waals surface area contributed by atoms with Gasteiger partial charge in [-0.3, -0.25) is 9.59 Å². The van der Waals surface area contributed by atoms with Crippen LogP contribution in [0.15, 0.2) is 24.3 Å². The van der Waals surface area contributed by atoms with Crippen molar-refractivity contribution < 1.29 is 22.8 Å². The number of halogens is 3. The summed E-state index contributed by atoms with van der Waals surface area (Å²) in [5, 5.41) is 4.21. The number of unbranched alkanes of at least 4 members (excludes halogenated alkanes) is 1. The second kappa shape index (κ2) is 6.93. The maximum Gasteiger partial charge on any atom is 0.471 e. The number of benzene rings is 1. The predicted octanol–water partition coefficient (Wildman–Crippen LogP) is 3.32. The summed E-state index contributed by atoms with van der Waals surface area (Å²) in [6, 6.07) is 5.74. The van der Waals surface area contributed by atoms with Crippen molar-refractivity contribution in [2.75, 3.05) is 10.6 Å². The van der Waals surface area contributed by atoms with Gasteiger partial charge in [-0.1, -0.05) is 25.5 Å². The topological polar surface area (TPSA) is 58.2 Å². The molecule has 0 saturated heterocycles. The highest BCUT2D eigenvalue weighted by molar-refractivity contribution is 6.01. The van der Waals surface area contributed by atoms with Gasteiger partial charge in [-0.15, -0.1) is 0 Å². The number of hydrogen-bond donors (Lipinski definition) is 2. The zero-order valence-electron chi connectivity index (χ0n) is 10.9. The zero-order valence-corrected chi connectivity index (χ0v) is 10.9. The lowest BCUT2D eigenvalue weighted by Gasteiger charge is -2.13. The van der Waals surface area contributed by atoms with Crippen LogP contribution in [0.4, 0.5) is 24.5 Å². The van der Waals surface area contributed by atoms with E-state index < -0.39 is 12.1 Å². The molecule has 0 aliphatic rings. The fourth-order valence-corrected chi connectivity index (χ4v) is 1.44. The predicted molar refractivity (Wildman–Crippen MR) is 69.3 cm³/mol. The number of anilines is 2. The van der Waals surface area contributed by atoms with Gasteiger partial charge < -0.3 is 10.6 Å². The van der Waals surface area contributed by atoms with E-state index in [1.807, 2.05) is 6.92 Å². The van der Waals surface area contributed by atoms with Crippen molar-refractivity contribution in [3.8, 4) is 0 Å². The van der Waals surface area contributed by atoms with Gasteiger partial charge in [-0.25, -0.2) is 0 Å². The van der Waals surface area contributed by atoms with Crippen LogP contribution in [0, 0.1) is 0 Å².